The Morgan fingerprint density at radius 1 is 1.38 bits per heavy atom. The maximum atomic E-state index is 12.4. The summed E-state index contributed by atoms with van der Waals surface area (Å²) in [6, 6.07) is 1.97. The minimum Gasteiger partial charge on any atom is -0.241 e. The van der Waals surface area contributed by atoms with Gasteiger partial charge in [0, 0.05) is 3.57 Å². The minimum absolute atomic E-state index is 0.197. The zero-order valence-electron chi connectivity index (χ0n) is 7.32. The summed E-state index contributed by atoms with van der Waals surface area (Å²) in [5.74, 6) is 0. The van der Waals surface area contributed by atoms with E-state index in [-0.39, 0.29) is 3.57 Å². The molecule has 0 bridgehead atoms. The molecule has 0 fully saturated rings. The quantitative estimate of drug-likeness (QED) is 0.575. The SMILES string of the molecule is N#Cc1c(I)cc(C(F)(F)F)nc1C(F)F. The lowest BCUT2D eigenvalue weighted by Gasteiger charge is -2.10. The van der Waals surface area contributed by atoms with Gasteiger partial charge in [-0.2, -0.15) is 18.4 Å². The molecule has 1 heterocycles. The molecule has 0 radical (unpaired) electrons. The van der Waals surface area contributed by atoms with Gasteiger partial charge in [0.05, 0.1) is 5.56 Å². The molecule has 0 unspecified atom stereocenters. The van der Waals surface area contributed by atoms with E-state index in [1.54, 1.807) is 0 Å². The molecule has 1 rings (SSSR count). The Hall–Kier alpha value is -0.980. The van der Waals surface area contributed by atoms with Crippen LogP contribution in [-0.2, 0) is 6.18 Å². The van der Waals surface area contributed by atoms with E-state index in [9.17, 15) is 22.0 Å². The smallest absolute Gasteiger partial charge is 0.241 e. The van der Waals surface area contributed by atoms with Gasteiger partial charge in [-0.1, -0.05) is 0 Å². The lowest BCUT2D eigenvalue weighted by atomic mass is 10.2. The van der Waals surface area contributed by atoms with Crippen LogP contribution in [0.5, 0.6) is 0 Å². The highest BCUT2D eigenvalue weighted by Crippen LogP contribution is 2.32. The average molecular weight is 348 g/mol. The molecule has 86 valence electrons. The zero-order chi connectivity index (χ0) is 12.5. The van der Waals surface area contributed by atoms with Gasteiger partial charge in [-0.3, -0.25) is 0 Å². The number of nitriles is 1. The van der Waals surface area contributed by atoms with E-state index in [0.29, 0.717) is 6.07 Å². The molecule has 0 aliphatic carbocycles. The second-order valence-electron chi connectivity index (χ2n) is 2.66. The summed E-state index contributed by atoms with van der Waals surface area (Å²) in [7, 11) is 0. The van der Waals surface area contributed by atoms with Crippen LogP contribution in [0.1, 0.15) is 23.4 Å². The number of nitrogens with zero attached hydrogens (tertiary/aromatic N) is 2. The lowest BCUT2D eigenvalue weighted by Crippen LogP contribution is -2.12. The Morgan fingerprint density at radius 2 is 1.94 bits per heavy atom. The van der Waals surface area contributed by atoms with Crippen molar-refractivity contribution in [2.24, 2.45) is 0 Å². The molecule has 0 spiro atoms. The van der Waals surface area contributed by atoms with Crippen molar-refractivity contribution in [2.75, 3.05) is 0 Å². The maximum absolute atomic E-state index is 12.4. The van der Waals surface area contributed by atoms with Crippen LogP contribution in [0.25, 0.3) is 0 Å². The van der Waals surface area contributed by atoms with Crippen molar-refractivity contribution in [3.05, 3.63) is 26.6 Å². The molecular formula is C8H2F5IN2. The van der Waals surface area contributed by atoms with Crippen LogP contribution in [-0.4, -0.2) is 4.98 Å². The van der Waals surface area contributed by atoms with E-state index < -0.39 is 29.6 Å². The van der Waals surface area contributed by atoms with Gasteiger partial charge >= 0.3 is 6.18 Å². The van der Waals surface area contributed by atoms with Crippen LogP contribution >= 0.6 is 22.6 Å². The van der Waals surface area contributed by atoms with Crippen LogP contribution < -0.4 is 0 Å². The predicted octanol–water partition coefficient (Wildman–Crippen LogP) is 3.51. The molecule has 1 aromatic heterocycles. The summed E-state index contributed by atoms with van der Waals surface area (Å²) in [5.41, 5.74) is -3.09. The van der Waals surface area contributed by atoms with E-state index in [1.807, 2.05) is 0 Å². The highest BCUT2D eigenvalue weighted by atomic mass is 127. The maximum Gasteiger partial charge on any atom is 0.433 e. The lowest BCUT2D eigenvalue weighted by molar-refractivity contribution is -0.141. The molecule has 8 heteroatoms. The van der Waals surface area contributed by atoms with Gasteiger partial charge in [0.15, 0.2) is 0 Å². The van der Waals surface area contributed by atoms with Crippen LogP contribution in [0.3, 0.4) is 0 Å². The molecule has 0 saturated carbocycles. The molecule has 0 N–H and O–H groups in total. The molecule has 2 nitrogen and oxygen atoms in total. The molecule has 1 aromatic rings. The Kier molecular flexibility index (Phi) is 3.67. The number of hydrogen-bond acceptors (Lipinski definition) is 2. The molecule has 0 aromatic carbocycles. The van der Waals surface area contributed by atoms with Crippen LogP contribution in [0, 0.1) is 14.9 Å². The van der Waals surface area contributed by atoms with Crippen molar-refractivity contribution in [3.63, 3.8) is 0 Å². The monoisotopic (exact) mass is 348 g/mol. The molecule has 0 saturated heterocycles. The van der Waals surface area contributed by atoms with E-state index in [2.05, 4.69) is 4.98 Å². The van der Waals surface area contributed by atoms with Gasteiger partial charge in [-0.05, 0) is 28.7 Å². The van der Waals surface area contributed by atoms with E-state index in [4.69, 9.17) is 5.26 Å². The highest BCUT2D eigenvalue weighted by Gasteiger charge is 2.35. The first-order valence-corrected chi connectivity index (χ1v) is 4.81. The highest BCUT2D eigenvalue weighted by molar-refractivity contribution is 14.1. The summed E-state index contributed by atoms with van der Waals surface area (Å²) in [4.78, 5) is 2.77. The standard InChI is InChI=1S/C8H2F5IN2/c9-7(10)6-3(2-15)4(14)1-5(16-6)8(11,12)13/h1,7H. The fourth-order valence-corrected chi connectivity index (χ4v) is 1.64. The fourth-order valence-electron chi connectivity index (χ4n) is 0.946. The van der Waals surface area contributed by atoms with E-state index in [0.717, 1.165) is 0 Å². The second-order valence-corrected chi connectivity index (χ2v) is 3.82. The number of halogens is 6. The van der Waals surface area contributed by atoms with Crippen molar-refractivity contribution in [1.82, 2.24) is 4.98 Å². The van der Waals surface area contributed by atoms with Crippen molar-refractivity contribution in [2.45, 2.75) is 12.6 Å². The summed E-state index contributed by atoms with van der Waals surface area (Å²) in [6.07, 6.45) is -8.03. The van der Waals surface area contributed by atoms with Crippen molar-refractivity contribution in [1.29, 1.82) is 5.26 Å². The summed E-state index contributed by atoms with van der Waals surface area (Å²) < 4.78 is 61.3. The van der Waals surface area contributed by atoms with Crippen LogP contribution in [0.2, 0.25) is 0 Å². The summed E-state index contributed by atoms with van der Waals surface area (Å²) >= 11 is 1.39. The van der Waals surface area contributed by atoms with E-state index in [1.165, 1.54) is 28.7 Å². The number of rotatable bonds is 1. The number of pyridine rings is 1. The van der Waals surface area contributed by atoms with E-state index >= 15 is 0 Å². The first-order chi connectivity index (χ1) is 7.27. The third-order valence-corrected chi connectivity index (χ3v) is 2.46. The normalized spacial score (nSPS) is 11.6. The van der Waals surface area contributed by atoms with Gasteiger partial charge < -0.3 is 0 Å². The van der Waals surface area contributed by atoms with Gasteiger partial charge in [0.25, 0.3) is 6.43 Å². The zero-order valence-corrected chi connectivity index (χ0v) is 9.47. The van der Waals surface area contributed by atoms with Crippen LogP contribution in [0.15, 0.2) is 6.07 Å². The Balaban J connectivity index is 3.48. The third kappa shape index (κ3) is 2.58. The molecule has 0 aliphatic rings. The molecule has 0 amide bonds. The van der Waals surface area contributed by atoms with Crippen LogP contribution in [0.4, 0.5) is 22.0 Å². The van der Waals surface area contributed by atoms with Crippen molar-refractivity contribution < 1.29 is 22.0 Å². The first kappa shape index (κ1) is 13.1. The van der Waals surface area contributed by atoms with Crippen molar-refractivity contribution >= 4 is 22.6 Å². The Morgan fingerprint density at radius 3 is 2.31 bits per heavy atom. The Labute approximate surface area is 100 Å². The number of hydrogen-bond donors (Lipinski definition) is 0. The first-order valence-electron chi connectivity index (χ1n) is 3.73. The molecule has 16 heavy (non-hydrogen) atoms. The molecule has 0 aliphatic heterocycles. The number of alkyl halides is 5. The van der Waals surface area contributed by atoms with Gasteiger partial charge in [0.2, 0.25) is 0 Å². The molecular weight excluding hydrogens is 346 g/mol. The van der Waals surface area contributed by atoms with Gasteiger partial charge in [0.1, 0.15) is 17.5 Å². The van der Waals surface area contributed by atoms with Gasteiger partial charge in [-0.15, -0.1) is 0 Å². The second kappa shape index (κ2) is 4.48. The summed E-state index contributed by atoms with van der Waals surface area (Å²) in [5, 5.41) is 8.53. The topological polar surface area (TPSA) is 36.7 Å². The number of aromatic nitrogens is 1. The van der Waals surface area contributed by atoms with Crippen molar-refractivity contribution in [3.8, 4) is 6.07 Å². The fraction of sp³-hybridized carbons (Fsp3) is 0.250. The average Bonchev–Trinajstić information content (AvgIpc) is 2.14. The predicted molar refractivity (Wildman–Crippen MR) is 51.6 cm³/mol. The largest absolute Gasteiger partial charge is 0.433 e. The third-order valence-electron chi connectivity index (χ3n) is 1.61. The summed E-state index contributed by atoms with van der Waals surface area (Å²) in [6.45, 7) is 0. The Bertz CT molecular complexity index is 449. The van der Waals surface area contributed by atoms with Gasteiger partial charge in [-0.25, -0.2) is 13.8 Å². The minimum atomic E-state index is -4.81. The molecule has 0 atom stereocenters.